The second kappa shape index (κ2) is 11.4. The van der Waals surface area contributed by atoms with Gasteiger partial charge in [0.05, 0.1) is 6.54 Å². The highest BCUT2D eigenvalue weighted by Gasteiger charge is 2.25. The molecule has 7 heteroatoms. The van der Waals surface area contributed by atoms with Gasteiger partial charge < -0.3 is 19.3 Å². The van der Waals surface area contributed by atoms with E-state index in [2.05, 4.69) is 34.6 Å². The number of hydrogen-bond donors (Lipinski definition) is 0. The van der Waals surface area contributed by atoms with Crippen molar-refractivity contribution in [2.24, 2.45) is 5.92 Å². The summed E-state index contributed by atoms with van der Waals surface area (Å²) in [5, 5.41) is 2.01. The van der Waals surface area contributed by atoms with Crippen LogP contribution < -0.4 is 9.47 Å². The van der Waals surface area contributed by atoms with E-state index in [4.69, 9.17) is 9.47 Å². The lowest BCUT2D eigenvalue weighted by Gasteiger charge is -2.29. The van der Waals surface area contributed by atoms with Crippen LogP contribution in [0.1, 0.15) is 61.0 Å². The molecule has 3 aromatic rings. The molecule has 2 aromatic carbocycles. The maximum atomic E-state index is 13.7. The lowest BCUT2D eigenvalue weighted by Crippen LogP contribution is -2.43. The predicted octanol–water partition coefficient (Wildman–Crippen LogP) is 6.10. The second-order valence-corrected chi connectivity index (χ2v) is 12.0. The number of carbonyl (C=O) groups is 2. The minimum Gasteiger partial charge on any atom is -0.454 e. The van der Waals surface area contributed by atoms with Crippen LogP contribution in [0.4, 0.5) is 0 Å². The topological polar surface area (TPSA) is 59.1 Å². The Labute approximate surface area is 223 Å². The van der Waals surface area contributed by atoms with Gasteiger partial charge in [0.25, 0.3) is 5.91 Å². The summed E-state index contributed by atoms with van der Waals surface area (Å²) < 4.78 is 11.0. The van der Waals surface area contributed by atoms with Crippen LogP contribution in [0.15, 0.2) is 60.0 Å². The number of ether oxygens (including phenoxy) is 2. The molecule has 4 rings (SSSR count). The fourth-order valence-electron chi connectivity index (χ4n) is 4.30. The number of nitrogens with zero attached hydrogens (tertiary/aromatic N) is 2. The summed E-state index contributed by atoms with van der Waals surface area (Å²) in [6.45, 7) is 12.2. The zero-order chi connectivity index (χ0) is 26.6. The van der Waals surface area contributed by atoms with Crippen LogP contribution >= 0.6 is 11.3 Å². The molecule has 0 atom stereocenters. The Morgan fingerprint density at radius 1 is 0.946 bits per heavy atom. The highest BCUT2D eigenvalue weighted by Crippen LogP contribution is 2.33. The molecule has 0 radical (unpaired) electrons. The lowest BCUT2D eigenvalue weighted by atomic mass is 9.86. The van der Waals surface area contributed by atoms with Crippen LogP contribution in [-0.4, -0.2) is 41.5 Å². The first-order chi connectivity index (χ1) is 17.6. The van der Waals surface area contributed by atoms with E-state index < -0.39 is 0 Å². The summed E-state index contributed by atoms with van der Waals surface area (Å²) in [6.07, 6.45) is 0. The van der Waals surface area contributed by atoms with Crippen molar-refractivity contribution >= 4 is 23.2 Å². The highest BCUT2D eigenvalue weighted by molar-refractivity contribution is 7.09. The molecule has 37 heavy (non-hydrogen) atoms. The van der Waals surface area contributed by atoms with Crippen molar-refractivity contribution < 1.29 is 19.1 Å². The Kier molecular flexibility index (Phi) is 8.22. The van der Waals surface area contributed by atoms with E-state index in [-0.39, 0.29) is 36.5 Å². The van der Waals surface area contributed by atoms with Crippen molar-refractivity contribution in [1.29, 1.82) is 0 Å². The first-order valence-corrected chi connectivity index (χ1v) is 13.6. The van der Waals surface area contributed by atoms with Gasteiger partial charge in [0, 0.05) is 23.5 Å². The molecule has 2 amide bonds. The van der Waals surface area contributed by atoms with Crippen LogP contribution in [-0.2, 0) is 23.3 Å². The fraction of sp³-hybridized carbons (Fsp3) is 0.400. The maximum absolute atomic E-state index is 13.7. The van der Waals surface area contributed by atoms with E-state index in [0.717, 1.165) is 10.4 Å². The van der Waals surface area contributed by atoms with E-state index in [1.165, 1.54) is 5.56 Å². The molecule has 1 aliphatic rings. The van der Waals surface area contributed by atoms with Gasteiger partial charge in [-0.25, -0.2) is 0 Å². The largest absolute Gasteiger partial charge is 0.454 e. The summed E-state index contributed by atoms with van der Waals surface area (Å²) in [4.78, 5) is 31.8. The molecule has 0 aliphatic carbocycles. The van der Waals surface area contributed by atoms with E-state index in [0.29, 0.717) is 36.7 Å². The molecule has 0 fully saturated rings. The zero-order valence-electron chi connectivity index (χ0n) is 22.3. The summed E-state index contributed by atoms with van der Waals surface area (Å²) >= 11 is 1.62. The molecule has 0 saturated heterocycles. The van der Waals surface area contributed by atoms with Gasteiger partial charge in [0.15, 0.2) is 11.5 Å². The summed E-state index contributed by atoms with van der Waals surface area (Å²) in [6, 6.07) is 17.5. The highest BCUT2D eigenvalue weighted by atomic mass is 32.1. The van der Waals surface area contributed by atoms with Crippen LogP contribution in [0.5, 0.6) is 11.5 Å². The summed E-state index contributed by atoms with van der Waals surface area (Å²) in [5.41, 5.74) is 2.73. The molecule has 196 valence electrons. The first-order valence-electron chi connectivity index (χ1n) is 12.7. The standard InChI is InChI=1S/C30H36N2O4S/c1-21(2)16-32(29(34)23-9-11-24(12-10-23)30(3,4)5)19-28(33)31(18-25-7-6-14-37-25)17-22-8-13-26-27(15-22)36-20-35-26/h6-15,21H,16-20H2,1-5H3. The summed E-state index contributed by atoms with van der Waals surface area (Å²) in [5.74, 6) is 1.42. The Bertz CT molecular complexity index is 1210. The normalized spacial score (nSPS) is 12.6. The average molecular weight is 521 g/mol. The molecular weight excluding hydrogens is 484 g/mol. The quantitative estimate of drug-likeness (QED) is 0.342. The molecular formula is C30H36N2O4S. The van der Waals surface area contributed by atoms with Gasteiger partial charge >= 0.3 is 0 Å². The third-order valence-electron chi connectivity index (χ3n) is 6.29. The minimum atomic E-state index is -0.123. The van der Waals surface area contributed by atoms with Crippen LogP contribution in [0.3, 0.4) is 0 Å². The number of benzene rings is 2. The van der Waals surface area contributed by atoms with Gasteiger partial charge in [0.2, 0.25) is 12.7 Å². The molecule has 1 aromatic heterocycles. The SMILES string of the molecule is CC(C)CN(CC(=O)N(Cc1ccc2c(c1)OCO2)Cc1cccs1)C(=O)c1ccc(C(C)(C)C)cc1. The van der Waals surface area contributed by atoms with Gasteiger partial charge in [-0.05, 0) is 58.2 Å². The van der Waals surface area contributed by atoms with E-state index in [1.807, 2.05) is 64.9 Å². The van der Waals surface area contributed by atoms with Crippen molar-refractivity contribution in [3.63, 3.8) is 0 Å². The predicted molar refractivity (Wildman–Crippen MR) is 147 cm³/mol. The van der Waals surface area contributed by atoms with Gasteiger partial charge in [-0.15, -0.1) is 11.3 Å². The molecule has 0 bridgehead atoms. The van der Waals surface area contributed by atoms with E-state index in [9.17, 15) is 9.59 Å². The third-order valence-corrected chi connectivity index (χ3v) is 7.15. The van der Waals surface area contributed by atoms with Crippen LogP contribution in [0.2, 0.25) is 0 Å². The lowest BCUT2D eigenvalue weighted by molar-refractivity contribution is -0.133. The average Bonchev–Trinajstić information content (AvgIpc) is 3.53. The van der Waals surface area contributed by atoms with Crippen molar-refractivity contribution in [3.8, 4) is 11.5 Å². The minimum absolute atomic E-state index is 0.00613. The number of rotatable bonds is 9. The van der Waals surface area contributed by atoms with Gasteiger partial charge in [-0.3, -0.25) is 9.59 Å². The number of hydrogen-bond acceptors (Lipinski definition) is 5. The Hall–Kier alpha value is -3.32. The Morgan fingerprint density at radius 3 is 2.32 bits per heavy atom. The van der Waals surface area contributed by atoms with Crippen molar-refractivity contribution in [1.82, 2.24) is 9.80 Å². The number of fused-ring (bicyclic) bond motifs is 1. The zero-order valence-corrected chi connectivity index (χ0v) is 23.1. The molecule has 2 heterocycles. The van der Waals surface area contributed by atoms with E-state index in [1.54, 1.807) is 16.2 Å². The fourth-order valence-corrected chi connectivity index (χ4v) is 5.02. The smallest absolute Gasteiger partial charge is 0.254 e. The molecule has 0 N–H and O–H groups in total. The van der Waals surface area contributed by atoms with Gasteiger partial charge in [-0.1, -0.05) is 58.9 Å². The van der Waals surface area contributed by atoms with Crippen molar-refractivity contribution in [3.05, 3.63) is 81.5 Å². The van der Waals surface area contributed by atoms with Crippen molar-refractivity contribution in [2.45, 2.75) is 53.1 Å². The molecule has 6 nitrogen and oxygen atoms in total. The molecule has 0 spiro atoms. The van der Waals surface area contributed by atoms with Crippen LogP contribution in [0.25, 0.3) is 0 Å². The maximum Gasteiger partial charge on any atom is 0.254 e. The van der Waals surface area contributed by atoms with Gasteiger partial charge in [0.1, 0.15) is 6.54 Å². The Morgan fingerprint density at radius 2 is 1.68 bits per heavy atom. The Balaban J connectivity index is 1.54. The second-order valence-electron chi connectivity index (χ2n) is 10.9. The number of thiophene rings is 1. The number of amides is 2. The first kappa shape index (κ1) is 26.7. The summed E-state index contributed by atoms with van der Waals surface area (Å²) in [7, 11) is 0. The number of carbonyl (C=O) groups excluding carboxylic acids is 2. The van der Waals surface area contributed by atoms with Crippen LogP contribution in [0, 0.1) is 5.92 Å². The van der Waals surface area contributed by atoms with E-state index >= 15 is 0 Å². The molecule has 0 saturated carbocycles. The van der Waals surface area contributed by atoms with Crippen molar-refractivity contribution in [2.75, 3.05) is 19.9 Å². The molecule has 0 unspecified atom stereocenters. The van der Waals surface area contributed by atoms with Gasteiger partial charge in [-0.2, -0.15) is 0 Å². The third kappa shape index (κ3) is 6.92. The molecule has 1 aliphatic heterocycles. The monoisotopic (exact) mass is 520 g/mol.